The van der Waals surface area contributed by atoms with Crippen molar-refractivity contribution in [1.82, 2.24) is 19.9 Å². The summed E-state index contributed by atoms with van der Waals surface area (Å²) in [5.41, 5.74) is 9.20. The second-order valence-corrected chi connectivity index (χ2v) is 8.37. The molecule has 1 fully saturated rings. The average molecular weight is 406 g/mol. The fourth-order valence-electron chi connectivity index (χ4n) is 3.46. The number of hydrogen-bond acceptors (Lipinski definition) is 8. The van der Waals surface area contributed by atoms with E-state index in [-0.39, 0.29) is 0 Å². The van der Waals surface area contributed by atoms with Crippen molar-refractivity contribution in [2.45, 2.75) is 25.3 Å². The molecule has 3 N–H and O–H groups in total. The van der Waals surface area contributed by atoms with Gasteiger partial charge in [0.15, 0.2) is 0 Å². The summed E-state index contributed by atoms with van der Waals surface area (Å²) in [6.45, 7) is 2.79. The van der Waals surface area contributed by atoms with Gasteiger partial charge in [0.25, 0.3) is 0 Å². The van der Waals surface area contributed by atoms with E-state index in [1.807, 2.05) is 18.3 Å². The van der Waals surface area contributed by atoms with Crippen LogP contribution < -0.4 is 11.1 Å². The summed E-state index contributed by atoms with van der Waals surface area (Å²) in [6, 6.07) is 7.70. The minimum absolute atomic E-state index is 0.398. The van der Waals surface area contributed by atoms with Gasteiger partial charge in [-0.15, -0.1) is 11.3 Å². The maximum absolute atomic E-state index is 8.99. The zero-order valence-electron chi connectivity index (χ0n) is 16.3. The van der Waals surface area contributed by atoms with E-state index >= 15 is 0 Å². The van der Waals surface area contributed by atoms with Crippen LogP contribution in [-0.4, -0.2) is 40.0 Å². The summed E-state index contributed by atoms with van der Waals surface area (Å²) in [4.78, 5) is 16.5. The number of nitriles is 1. The number of piperidine rings is 1. The Kier molecular flexibility index (Phi) is 5.69. The van der Waals surface area contributed by atoms with Gasteiger partial charge in [-0.3, -0.25) is 0 Å². The Hall–Kier alpha value is -3.02. The minimum Gasteiger partial charge on any atom is -0.382 e. The number of nitrogens with zero attached hydrogens (tertiary/aromatic N) is 5. The monoisotopic (exact) mass is 405 g/mol. The number of nitrogen functional groups attached to an aromatic ring is 1. The summed E-state index contributed by atoms with van der Waals surface area (Å²) in [7, 11) is 2.17. The van der Waals surface area contributed by atoms with Gasteiger partial charge >= 0.3 is 0 Å². The summed E-state index contributed by atoms with van der Waals surface area (Å²) in [5.74, 6) is 0.994. The Morgan fingerprint density at radius 1 is 1.24 bits per heavy atom. The van der Waals surface area contributed by atoms with Crippen LogP contribution in [-0.2, 0) is 6.54 Å². The highest BCUT2D eigenvalue weighted by Gasteiger charge is 2.21. The maximum atomic E-state index is 8.99. The number of hydrogen-bond donors (Lipinski definition) is 2. The summed E-state index contributed by atoms with van der Waals surface area (Å²) in [6.07, 6.45) is 7.69. The number of likely N-dealkylation sites (tertiary alicyclic amines) is 1. The van der Waals surface area contributed by atoms with Gasteiger partial charge in [0, 0.05) is 36.6 Å². The van der Waals surface area contributed by atoms with Crippen molar-refractivity contribution in [3.63, 3.8) is 0 Å². The van der Waals surface area contributed by atoms with Crippen LogP contribution in [0.2, 0.25) is 0 Å². The molecule has 29 heavy (non-hydrogen) atoms. The lowest BCUT2D eigenvalue weighted by Crippen LogP contribution is -2.29. The highest BCUT2D eigenvalue weighted by atomic mass is 32.1. The summed E-state index contributed by atoms with van der Waals surface area (Å²) >= 11 is 1.75. The van der Waals surface area contributed by atoms with Crippen LogP contribution in [0.5, 0.6) is 0 Å². The van der Waals surface area contributed by atoms with Crippen molar-refractivity contribution in [2.24, 2.45) is 0 Å². The fourth-order valence-corrected chi connectivity index (χ4v) is 4.53. The molecule has 3 aromatic heterocycles. The number of rotatable bonds is 5. The summed E-state index contributed by atoms with van der Waals surface area (Å²) in [5, 5.41) is 13.5. The van der Waals surface area contributed by atoms with E-state index in [1.165, 1.54) is 5.01 Å². The first-order chi connectivity index (χ1) is 14.1. The number of thiazole rings is 1. The lowest BCUT2D eigenvalue weighted by molar-refractivity contribution is 0.255. The predicted octanol–water partition coefficient (Wildman–Crippen LogP) is 3.48. The molecule has 1 saturated heterocycles. The topological polar surface area (TPSA) is 104 Å². The van der Waals surface area contributed by atoms with Crippen LogP contribution in [0.15, 0.2) is 36.8 Å². The highest BCUT2D eigenvalue weighted by molar-refractivity contribution is 7.15. The molecule has 0 atom stereocenters. The Balaban J connectivity index is 1.49. The smallest absolute Gasteiger partial charge is 0.146 e. The molecule has 148 valence electrons. The fraction of sp³-hybridized carbons (Fsp3) is 0.333. The number of nitrogens with two attached hydrogens (primary N) is 1. The van der Waals surface area contributed by atoms with Crippen LogP contribution in [0, 0.1) is 11.3 Å². The van der Waals surface area contributed by atoms with E-state index < -0.39 is 0 Å². The molecule has 7 nitrogen and oxygen atoms in total. The Morgan fingerprint density at radius 3 is 2.86 bits per heavy atom. The average Bonchev–Trinajstić information content (AvgIpc) is 3.24. The van der Waals surface area contributed by atoms with Gasteiger partial charge in [-0.05, 0) is 56.7 Å². The van der Waals surface area contributed by atoms with E-state index in [2.05, 4.69) is 38.3 Å². The van der Waals surface area contributed by atoms with E-state index in [0.29, 0.717) is 24.0 Å². The first-order valence-corrected chi connectivity index (χ1v) is 10.4. The lowest BCUT2D eigenvalue weighted by atomic mass is 9.98. The molecule has 1 aliphatic rings. The molecule has 0 saturated carbocycles. The Bertz CT molecular complexity index is 1030. The molecular formula is C21H23N7S. The van der Waals surface area contributed by atoms with Gasteiger partial charge in [0.1, 0.15) is 17.6 Å². The molecule has 0 radical (unpaired) electrons. The van der Waals surface area contributed by atoms with E-state index in [1.54, 1.807) is 29.8 Å². The van der Waals surface area contributed by atoms with E-state index in [9.17, 15) is 0 Å². The molecule has 4 rings (SSSR count). The second kappa shape index (κ2) is 8.55. The largest absolute Gasteiger partial charge is 0.382 e. The standard InChI is InChI=1S/C21H23N7S/c1-28-6-3-15(4-7-28)21-27-13-19(29-21)16-9-18(20(23)26-12-16)25-11-14-2-5-24-17(8-14)10-22/h2,5,8-9,12-13,15,25H,3-4,6-7,11H2,1H3,(H2,23,26). The first kappa shape index (κ1) is 19.3. The predicted molar refractivity (Wildman–Crippen MR) is 116 cm³/mol. The number of anilines is 2. The van der Waals surface area contributed by atoms with Crippen molar-refractivity contribution in [3.8, 4) is 16.5 Å². The lowest BCUT2D eigenvalue weighted by Gasteiger charge is -2.27. The third-order valence-corrected chi connectivity index (χ3v) is 6.43. The molecule has 0 spiro atoms. The van der Waals surface area contributed by atoms with Crippen molar-refractivity contribution < 1.29 is 0 Å². The van der Waals surface area contributed by atoms with Gasteiger partial charge in [-0.25, -0.2) is 15.0 Å². The van der Waals surface area contributed by atoms with Gasteiger partial charge < -0.3 is 16.0 Å². The van der Waals surface area contributed by atoms with Gasteiger partial charge in [-0.1, -0.05) is 0 Å². The van der Waals surface area contributed by atoms with Crippen LogP contribution in [0.4, 0.5) is 11.5 Å². The van der Waals surface area contributed by atoms with Gasteiger partial charge in [0.05, 0.1) is 15.6 Å². The highest BCUT2D eigenvalue weighted by Crippen LogP contribution is 2.35. The normalized spacial score (nSPS) is 15.2. The number of nitrogens with one attached hydrogen (secondary N) is 1. The van der Waals surface area contributed by atoms with Crippen LogP contribution in [0.1, 0.15) is 35.0 Å². The molecule has 0 amide bonds. The van der Waals surface area contributed by atoms with E-state index in [4.69, 9.17) is 11.0 Å². The number of pyridine rings is 2. The second-order valence-electron chi connectivity index (χ2n) is 7.31. The third kappa shape index (κ3) is 4.53. The van der Waals surface area contributed by atoms with Crippen molar-refractivity contribution in [1.29, 1.82) is 5.26 Å². The van der Waals surface area contributed by atoms with E-state index in [0.717, 1.165) is 47.6 Å². The molecule has 1 aliphatic heterocycles. The molecule has 3 aromatic rings. The zero-order chi connectivity index (χ0) is 20.2. The zero-order valence-corrected chi connectivity index (χ0v) is 17.1. The minimum atomic E-state index is 0.398. The molecule has 0 aliphatic carbocycles. The Labute approximate surface area is 174 Å². The first-order valence-electron chi connectivity index (χ1n) is 9.61. The Morgan fingerprint density at radius 2 is 2.07 bits per heavy atom. The van der Waals surface area contributed by atoms with Crippen LogP contribution in [0.25, 0.3) is 10.4 Å². The van der Waals surface area contributed by atoms with Crippen molar-refractivity contribution in [3.05, 3.63) is 53.1 Å². The van der Waals surface area contributed by atoms with Crippen LogP contribution in [0.3, 0.4) is 0 Å². The summed E-state index contributed by atoms with van der Waals surface area (Å²) < 4.78 is 0. The molecule has 8 heteroatoms. The van der Waals surface area contributed by atoms with Crippen molar-refractivity contribution >= 4 is 22.8 Å². The van der Waals surface area contributed by atoms with Gasteiger partial charge in [0.2, 0.25) is 0 Å². The molecule has 0 aromatic carbocycles. The molecule has 4 heterocycles. The number of aromatic nitrogens is 3. The maximum Gasteiger partial charge on any atom is 0.146 e. The third-order valence-electron chi connectivity index (χ3n) is 5.22. The SMILES string of the molecule is CN1CCC(c2ncc(-c3cnc(N)c(NCc4ccnc(C#N)c4)c3)s2)CC1. The quantitative estimate of drug-likeness (QED) is 0.670. The van der Waals surface area contributed by atoms with Crippen LogP contribution >= 0.6 is 11.3 Å². The molecule has 0 unspecified atom stereocenters. The molecular weight excluding hydrogens is 382 g/mol. The van der Waals surface area contributed by atoms with Crippen molar-refractivity contribution in [2.75, 3.05) is 31.2 Å². The molecule has 0 bridgehead atoms. The van der Waals surface area contributed by atoms with Gasteiger partial charge in [-0.2, -0.15) is 5.26 Å².